The molecule has 0 aliphatic heterocycles. The number of para-hydroxylation sites is 2. The molecule has 0 radical (unpaired) electrons. The van der Waals surface area contributed by atoms with Gasteiger partial charge >= 0.3 is 0 Å². The number of fused-ring (bicyclic) bond motifs is 1. The molecule has 4 bridgehead atoms. The topological polar surface area (TPSA) is 81.5 Å². The lowest BCUT2D eigenvalue weighted by Crippen LogP contribution is -2.66. The van der Waals surface area contributed by atoms with Crippen LogP contribution in [0.1, 0.15) is 37.7 Å². The van der Waals surface area contributed by atoms with Gasteiger partial charge < -0.3 is 20.0 Å². The molecule has 2 atom stereocenters. The zero-order valence-corrected chi connectivity index (χ0v) is 18.3. The van der Waals surface area contributed by atoms with Crippen molar-refractivity contribution < 1.29 is 14.3 Å². The van der Waals surface area contributed by atoms with Crippen molar-refractivity contribution in [2.24, 2.45) is 23.5 Å². The van der Waals surface area contributed by atoms with Gasteiger partial charge in [0.2, 0.25) is 5.89 Å². The predicted molar refractivity (Wildman–Crippen MR) is 122 cm³/mol. The SMILES string of the molecule is Cl.NCC1(O)C2CC3CC1CC(OCc1ccc(-c4nc5ccccc5o4)cc1)(C3)C2. The fourth-order valence-electron chi connectivity index (χ4n) is 6.49. The second-order valence-electron chi connectivity index (χ2n) is 9.69. The number of hydrogen-bond donors (Lipinski definition) is 2. The minimum atomic E-state index is -0.676. The summed E-state index contributed by atoms with van der Waals surface area (Å²) in [5.74, 6) is 1.90. The maximum Gasteiger partial charge on any atom is 0.227 e. The summed E-state index contributed by atoms with van der Waals surface area (Å²) in [7, 11) is 0. The average molecular weight is 441 g/mol. The van der Waals surface area contributed by atoms with E-state index in [0.717, 1.165) is 54.3 Å². The van der Waals surface area contributed by atoms with E-state index >= 15 is 0 Å². The van der Waals surface area contributed by atoms with Crippen molar-refractivity contribution >= 4 is 23.5 Å². The number of benzene rings is 2. The zero-order valence-electron chi connectivity index (χ0n) is 17.5. The predicted octanol–water partition coefficient (Wildman–Crippen LogP) is 4.70. The van der Waals surface area contributed by atoms with Gasteiger partial charge in [-0.15, -0.1) is 12.4 Å². The van der Waals surface area contributed by atoms with Crippen LogP contribution in [-0.4, -0.2) is 27.8 Å². The lowest BCUT2D eigenvalue weighted by atomic mass is 9.48. The molecule has 4 saturated carbocycles. The van der Waals surface area contributed by atoms with E-state index in [1.165, 1.54) is 0 Å². The first-order valence-electron chi connectivity index (χ1n) is 11.1. The number of halogens is 1. The molecule has 7 rings (SSSR count). The first kappa shape index (κ1) is 21.0. The second-order valence-corrected chi connectivity index (χ2v) is 9.69. The van der Waals surface area contributed by atoms with Crippen LogP contribution in [0.5, 0.6) is 0 Å². The van der Waals surface area contributed by atoms with Crippen LogP contribution in [0.2, 0.25) is 0 Å². The van der Waals surface area contributed by atoms with E-state index in [4.69, 9.17) is 14.9 Å². The van der Waals surface area contributed by atoms with E-state index in [1.807, 2.05) is 24.3 Å². The molecule has 0 saturated heterocycles. The number of aromatic nitrogens is 1. The minimum absolute atomic E-state index is 0. The normalized spacial score (nSPS) is 33.5. The van der Waals surface area contributed by atoms with Crippen molar-refractivity contribution in [3.05, 3.63) is 54.1 Å². The van der Waals surface area contributed by atoms with Crippen molar-refractivity contribution in [2.75, 3.05) is 6.54 Å². The van der Waals surface area contributed by atoms with Gasteiger partial charge in [0.1, 0.15) is 5.52 Å². The number of nitrogens with zero attached hydrogens (tertiary/aromatic N) is 1. The molecule has 4 aliphatic carbocycles. The van der Waals surface area contributed by atoms with Gasteiger partial charge in [-0.05, 0) is 79.7 Å². The number of nitrogens with two attached hydrogens (primary N) is 1. The summed E-state index contributed by atoms with van der Waals surface area (Å²) in [6.45, 7) is 0.976. The van der Waals surface area contributed by atoms with Crippen LogP contribution in [-0.2, 0) is 11.3 Å². The summed E-state index contributed by atoms with van der Waals surface area (Å²) in [5.41, 5.74) is 9.02. The summed E-state index contributed by atoms with van der Waals surface area (Å²) in [5, 5.41) is 11.1. The lowest BCUT2D eigenvalue weighted by molar-refractivity contribution is -0.241. The number of oxazole rings is 1. The van der Waals surface area contributed by atoms with Crippen molar-refractivity contribution in [1.29, 1.82) is 0 Å². The Morgan fingerprint density at radius 2 is 1.74 bits per heavy atom. The molecule has 0 amide bonds. The van der Waals surface area contributed by atoms with Crippen LogP contribution in [0, 0.1) is 17.8 Å². The maximum atomic E-state index is 11.1. The third-order valence-corrected chi connectivity index (χ3v) is 7.91. The molecule has 3 N–H and O–H groups in total. The average Bonchev–Trinajstić information content (AvgIpc) is 3.20. The van der Waals surface area contributed by atoms with Crippen LogP contribution < -0.4 is 5.73 Å². The van der Waals surface area contributed by atoms with Gasteiger partial charge in [-0.1, -0.05) is 24.3 Å². The van der Waals surface area contributed by atoms with E-state index in [-0.39, 0.29) is 29.8 Å². The summed E-state index contributed by atoms with van der Waals surface area (Å²) >= 11 is 0. The molecule has 0 spiro atoms. The molecule has 3 aromatic rings. The molecule has 2 unspecified atom stereocenters. The molecule has 5 nitrogen and oxygen atoms in total. The number of ether oxygens (including phenoxy) is 1. The lowest BCUT2D eigenvalue weighted by Gasteiger charge is -2.63. The molecule has 6 heteroatoms. The number of rotatable bonds is 5. The van der Waals surface area contributed by atoms with Crippen molar-refractivity contribution in [2.45, 2.75) is 49.9 Å². The molecule has 2 aromatic carbocycles. The Balaban J connectivity index is 0.00000204. The first-order valence-corrected chi connectivity index (χ1v) is 11.1. The van der Waals surface area contributed by atoms with Crippen LogP contribution in [0.3, 0.4) is 0 Å². The van der Waals surface area contributed by atoms with Gasteiger partial charge in [0.05, 0.1) is 17.8 Å². The standard InChI is InChI=1S/C25H28N2O3.ClH/c26-15-25(28)19-9-17-10-20(25)13-24(11-17,12-19)29-14-16-5-7-18(8-6-16)23-27-21-3-1-2-4-22(21)30-23;/h1-8,17,19-20,28H,9-15,26H2;1H. The van der Waals surface area contributed by atoms with E-state index in [9.17, 15) is 5.11 Å². The maximum absolute atomic E-state index is 11.1. The van der Waals surface area contributed by atoms with Gasteiger partial charge in [-0.25, -0.2) is 4.98 Å². The van der Waals surface area contributed by atoms with Crippen LogP contribution in [0.25, 0.3) is 22.6 Å². The van der Waals surface area contributed by atoms with Gasteiger partial charge in [-0.2, -0.15) is 0 Å². The highest BCUT2D eigenvalue weighted by Crippen LogP contribution is 2.61. The van der Waals surface area contributed by atoms with Gasteiger partial charge in [0.25, 0.3) is 0 Å². The Morgan fingerprint density at radius 3 is 2.42 bits per heavy atom. The smallest absolute Gasteiger partial charge is 0.227 e. The fourth-order valence-corrected chi connectivity index (χ4v) is 6.49. The fraction of sp³-hybridized carbons (Fsp3) is 0.480. The molecule has 4 aliphatic rings. The Labute approximate surface area is 188 Å². The van der Waals surface area contributed by atoms with Crippen LogP contribution in [0.4, 0.5) is 0 Å². The number of aliphatic hydroxyl groups is 1. The third-order valence-electron chi connectivity index (χ3n) is 7.91. The first-order chi connectivity index (χ1) is 14.6. The minimum Gasteiger partial charge on any atom is -0.436 e. The van der Waals surface area contributed by atoms with E-state index < -0.39 is 5.60 Å². The van der Waals surface area contributed by atoms with Crippen molar-refractivity contribution in [3.8, 4) is 11.5 Å². The van der Waals surface area contributed by atoms with Crippen LogP contribution >= 0.6 is 12.4 Å². The van der Waals surface area contributed by atoms with Crippen molar-refractivity contribution in [3.63, 3.8) is 0 Å². The van der Waals surface area contributed by atoms with E-state index in [1.54, 1.807) is 0 Å². The van der Waals surface area contributed by atoms with Gasteiger partial charge in [0.15, 0.2) is 5.58 Å². The highest BCUT2D eigenvalue weighted by molar-refractivity contribution is 5.85. The summed E-state index contributed by atoms with van der Waals surface area (Å²) < 4.78 is 12.4. The summed E-state index contributed by atoms with van der Waals surface area (Å²) in [4.78, 5) is 4.58. The molecule has 164 valence electrons. The molecular formula is C25H29ClN2O3. The summed E-state index contributed by atoms with van der Waals surface area (Å²) in [6, 6.07) is 16.1. The Hall–Kier alpha value is -1.92. The summed E-state index contributed by atoms with van der Waals surface area (Å²) in [6.07, 6.45) is 5.22. The molecular weight excluding hydrogens is 412 g/mol. The molecule has 1 aromatic heterocycles. The van der Waals surface area contributed by atoms with E-state index in [0.29, 0.717) is 25.0 Å². The van der Waals surface area contributed by atoms with Crippen LogP contribution in [0.15, 0.2) is 52.9 Å². The quantitative estimate of drug-likeness (QED) is 0.600. The van der Waals surface area contributed by atoms with Gasteiger partial charge in [0, 0.05) is 12.1 Å². The molecule has 31 heavy (non-hydrogen) atoms. The molecule has 4 fully saturated rings. The van der Waals surface area contributed by atoms with Crippen molar-refractivity contribution in [1.82, 2.24) is 4.98 Å². The highest BCUT2D eigenvalue weighted by atomic mass is 35.5. The Kier molecular flexibility index (Phi) is 5.13. The second kappa shape index (κ2) is 7.59. The monoisotopic (exact) mass is 440 g/mol. The van der Waals surface area contributed by atoms with Gasteiger partial charge in [-0.3, -0.25) is 0 Å². The Bertz CT molecular complexity index is 1030. The number of hydrogen-bond acceptors (Lipinski definition) is 5. The third kappa shape index (κ3) is 3.39. The van der Waals surface area contributed by atoms with E-state index in [2.05, 4.69) is 29.2 Å². The zero-order chi connectivity index (χ0) is 20.3. The highest BCUT2D eigenvalue weighted by Gasteiger charge is 2.61. The Morgan fingerprint density at radius 1 is 1.03 bits per heavy atom. The largest absolute Gasteiger partial charge is 0.436 e. The molecule has 1 heterocycles.